The quantitative estimate of drug-likeness (QED) is 0.491. The molecule has 0 atom stereocenters. The van der Waals surface area contributed by atoms with Crippen molar-refractivity contribution in [2.45, 2.75) is 26.2 Å². The van der Waals surface area contributed by atoms with Crippen molar-refractivity contribution in [1.82, 2.24) is 19.3 Å². The second-order valence-corrected chi connectivity index (χ2v) is 6.29. The Hall–Kier alpha value is -3.38. The summed E-state index contributed by atoms with van der Waals surface area (Å²) in [7, 11) is 0. The molecular formula is C17H12F7N5O. The summed E-state index contributed by atoms with van der Waals surface area (Å²) in [6, 6.07) is 2.52. The summed E-state index contributed by atoms with van der Waals surface area (Å²) in [5, 5.41) is 6.12. The molecule has 0 radical (unpaired) electrons. The van der Waals surface area contributed by atoms with Gasteiger partial charge in [0.1, 0.15) is 12.4 Å². The zero-order valence-corrected chi connectivity index (χ0v) is 15.1. The van der Waals surface area contributed by atoms with E-state index >= 15 is 0 Å². The van der Waals surface area contributed by atoms with E-state index in [1.165, 1.54) is 13.0 Å². The van der Waals surface area contributed by atoms with Crippen LogP contribution in [0.15, 0.2) is 29.2 Å². The molecule has 0 unspecified atom stereocenters. The summed E-state index contributed by atoms with van der Waals surface area (Å²) in [4.78, 5) is 15.0. The lowest BCUT2D eigenvalue weighted by Gasteiger charge is -2.16. The Bertz CT molecular complexity index is 1130. The van der Waals surface area contributed by atoms with E-state index in [9.17, 15) is 35.5 Å². The van der Waals surface area contributed by atoms with Crippen molar-refractivity contribution in [2.75, 3.05) is 5.32 Å². The van der Waals surface area contributed by atoms with Crippen molar-refractivity contribution < 1.29 is 30.7 Å². The third-order valence-electron chi connectivity index (χ3n) is 3.82. The third-order valence-corrected chi connectivity index (χ3v) is 3.82. The van der Waals surface area contributed by atoms with Crippen LogP contribution in [0.25, 0.3) is 0 Å². The number of aryl methyl sites for hydroxylation is 1. The molecule has 0 bridgehead atoms. The second kappa shape index (κ2) is 7.80. The van der Waals surface area contributed by atoms with Crippen molar-refractivity contribution >= 4 is 11.8 Å². The van der Waals surface area contributed by atoms with Crippen LogP contribution < -0.4 is 10.9 Å². The van der Waals surface area contributed by atoms with E-state index in [2.05, 4.69) is 15.4 Å². The first kappa shape index (κ1) is 21.3. The molecule has 13 heteroatoms. The summed E-state index contributed by atoms with van der Waals surface area (Å²) in [6.45, 7) is -0.511. The van der Waals surface area contributed by atoms with Crippen LogP contribution in [0.4, 0.5) is 42.5 Å². The molecule has 0 saturated heterocycles. The van der Waals surface area contributed by atoms with Gasteiger partial charge in [0.05, 0.1) is 12.2 Å². The Kier molecular flexibility index (Phi) is 5.55. The van der Waals surface area contributed by atoms with Gasteiger partial charge in [-0.25, -0.2) is 17.9 Å². The number of benzene rings is 1. The lowest BCUT2D eigenvalue weighted by Crippen LogP contribution is -2.23. The van der Waals surface area contributed by atoms with Gasteiger partial charge < -0.3 is 9.88 Å². The van der Waals surface area contributed by atoms with Crippen LogP contribution in [-0.4, -0.2) is 25.5 Å². The monoisotopic (exact) mass is 435 g/mol. The third kappa shape index (κ3) is 4.78. The van der Waals surface area contributed by atoms with Gasteiger partial charge in [-0.1, -0.05) is 0 Å². The van der Waals surface area contributed by atoms with E-state index in [-0.39, 0.29) is 17.1 Å². The average molecular weight is 435 g/mol. The van der Waals surface area contributed by atoms with Crippen molar-refractivity contribution in [3.63, 3.8) is 0 Å². The zero-order chi connectivity index (χ0) is 22.2. The van der Waals surface area contributed by atoms with Gasteiger partial charge in [0.15, 0.2) is 17.5 Å². The molecule has 0 aliphatic carbocycles. The van der Waals surface area contributed by atoms with Crippen molar-refractivity contribution in [1.29, 1.82) is 0 Å². The van der Waals surface area contributed by atoms with Crippen molar-refractivity contribution in [2.24, 2.45) is 0 Å². The van der Waals surface area contributed by atoms with Gasteiger partial charge in [-0.05, 0) is 24.6 Å². The van der Waals surface area contributed by atoms with Crippen LogP contribution in [0.3, 0.4) is 0 Å². The second-order valence-electron chi connectivity index (χ2n) is 6.29. The molecule has 2 heterocycles. The SMILES string of the molecule is Cc1cc(Nc2nc(=O)c(F)cn2Cc2cc(F)c(F)c(F)c2)n(CC(F)(F)F)n1. The van der Waals surface area contributed by atoms with E-state index in [1.807, 2.05) is 0 Å². The fraction of sp³-hybridized carbons (Fsp3) is 0.235. The lowest BCUT2D eigenvalue weighted by atomic mass is 10.2. The predicted molar refractivity (Wildman–Crippen MR) is 90.2 cm³/mol. The molecule has 0 aliphatic heterocycles. The van der Waals surface area contributed by atoms with Crippen LogP contribution in [0.2, 0.25) is 0 Å². The van der Waals surface area contributed by atoms with E-state index in [0.717, 1.165) is 4.57 Å². The molecule has 30 heavy (non-hydrogen) atoms. The zero-order valence-electron chi connectivity index (χ0n) is 15.1. The molecule has 1 aromatic carbocycles. The Morgan fingerprint density at radius 2 is 1.67 bits per heavy atom. The highest BCUT2D eigenvalue weighted by atomic mass is 19.4. The number of aromatic nitrogens is 4. The molecule has 0 amide bonds. The lowest BCUT2D eigenvalue weighted by molar-refractivity contribution is -0.142. The topological polar surface area (TPSA) is 64.7 Å². The number of alkyl halides is 3. The van der Waals surface area contributed by atoms with Gasteiger partial charge >= 0.3 is 11.7 Å². The van der Waals surface area contributed by atoms with Gasteiger partial charge in [-0.2, -0.15) is 27.6 Å². The van der Waals surface area contributed by atoms with Gasteiger partial charge in [-0.3, -0.25) is 4.79 Å². The summed E-state index contributed by atoms with van der Waals surface area (Å²) < 4.78 is 93.5. The van der Waals surface area contributed by atoms with Crippen LogP contribution in [0.5, 0.6) is 0 Å². The number of anilines is 2. The highest BCUT2D eigenvalue weighted by Crippen LogP contribution is 2.23. The van der Waals surface area contributed by atoms with Crippen LogP contribution in [0, 0.1) is 30.2 Å². The average Bonchev–Trinajstić information content (AvgIpc) is 2.94. The molecule has 0 saturated carbocycles. The normalized spacial score (nSPS) is 11.7. The maximum Gasteiger partial charge on any atom is 0.408 e. The fourth-order valence-electron chi connectivity index (χ4n) is 2.63. The van der Waals surface area contributed by atoms with E-state index < -0.39 is 54.0 Å². The minimum atomic E-state index is -4.60. The van der Waals surface area contributed by atoms with Gasteiger partial charge in [0, 0.05) is 12.3 Å². The molecule has 3 rings (SSSR count). The first-order valence-electron chi connectivity index (χ1n) is 8.21. The standard InChI is InChI=1S/C17H12F7N5O/c1-8-2-13(29(27-8)7-17(22,23)24)25-16-26-15(30)12(20)6-28(16)5-9-3-10(18)14(21)11(19)4-9/h2-4,6H,5,7H2,1H3,(H,25,26,30). The molecule has 1 N–H and O–H groups in total. The summed E-state index contributed by atoms with van der Waals surface area (Å²) in [5.74, 6) is -6.64. The molecule has 6 nitrogen and oxygen atoms in total. The maximum atomic E-state index is 13.7. The minimum Gasteiger partial charge on any atom is -0.311 e. The van der Waals surface area contributed by atoms with E-state index in [1.54, 1.807) is 0 Å². The molecule has 0 spiro atoms. The number of hydrogen-bond acceptors (Lipinski definition) is 4. The van der Waals surface area contributed by atoms with Crippen molar-refractivity contribution in [3.05, 3.63) is 69.3 Å². The minimum absolute atomic E-state index is 0.153. The van der Waals surface area contributed by atoms with Gasteiger partial charge in [0.2, 0.25) is 11.8 Å². The van der Waals surface area contributed by atoms with E-state index in [4.69, 9.17) is 0 Å². The molecule has 2 aromatic heterocycles. The number of nitrogens with one attached hydrogen (secondary N) is 1. The van der Waals surface area contributed by atoms with Gasteiger partial charge in [-0.15, -0.1) is 0 Å². The molecule has 0 aliphatic rings. The van der Waals surface area contributed by atoms with Crippen LogP contribution >= 0.6 is 0 Å². The van der Waals surface area contributed by atoms with E-state index in [0.29, 0.717) is 23.0 Å². The summed E-state index contributed by atoms with van der Waals surface area (Å²) >= 11 is 0. The van der Waals surface area contributed by atoms with Crippen LogP contribution in [0.1, 0.15) is 11.3 Å². The first-order valence-corrected chi connectivity index (χ1v) is 8.21. The highest BCUT2D eigenvalue weighted by Gasteiger charge is 2.30. The Balaban J connectivity index is 2.01. The number of rotatable bonds is 5. The molecule has 160 valence electrons. The largest absolute Gasteiger partial charge is 0.408 e. The number of nitrogens with zero attached hydrogens (tertiary/aromatic N) is 4. The van der Waals surface area contributed by atoms with Crippen LogP contribution in [-0.2, 0) is 13.1 Å². The Labute approximate surface area is 163 Å². The molecular weight excluding hydrogens is 423 g/mol. The van der Waals surface area contributed by atoms with Gasteiger partial charge in [0.25, 0.3) is 0 Å². The molecule has 0 fully saturated rings. The Morgan fingerprint density at radius 3 is 2.27 bits per heavy atom. The predicted octanol–water partition coefficient (Wildman–Crippen LogP) is 3.66. The summed E-state index contributed by atoms with van der Waals surface area (Å²) in [6.07, 6.45) is -3.96. The first-order chi connectivity index (χ1) is 13.9. The summed E-state index contributed by atoms with van der Waals surface area (Å²) in [5.41, 5.74) is -1.26. The number of halogens is 7. The Morgan fingerprint density at radius 1 is 1.03 bits per heavy atom. The fourth-order valence-corrected chi connectivity index (χ4v) is 2.63. The smallest absolute Gasteiger partial charge is 0.311 e. The van der Waals surface area contributed by atoms with Crippen molar-refractivity contribution in [3.8, 4) is 0 Å². The molecule has 3 aromatic rings. The highest BCUT2D eigenvalue weighted by molar-refractivity contribution is 5.49. The maximum absolute atomic E-state index is 13.7. The number of hydrogen-bond donors (Lipinski definition) is 1.